The molecule has 4 N–H and O–H groups in total. The fourth-order valence-corrected chi connectivity index (χ4v) is 2.56. The highest BCUT2D eigenvalue weighted by atomic mass is 79.9. The van der Waals surface area contributed by atoms with Gasteiger partial charge < -0.3 is 16.4 Å². The molecule has 1 aromatic carbocycles. The minimum atomic E-state index is 0.0226. The lowest BCUT2D eigenvalue weighted by Crippen LogP contribution is -2.31. The highest BCUT2D eigenvalue weighted by molar-refractivity contribution is 9.10. The molecular weight excluding hydrogens is 326 g/mol. The number of amides is 1. The Balaban J connectivity index is 2.61. The van der Waals surface area contributed by atoms with Gasteiger partial charge in [-0.15, -0.1) is 0 Å². The molecular formula is C13H18BrN3OS. The molecule has 6 heteroatoms. The SMILES string of the molecule is CC(C)NC(=O)CCNc1cccc(Br)c1C(N)=S. The summed E-state index contributed by atoms with van der Waals surface area (Å²) < 4.78 is 0.844. The zero-order chi connectivity index (χ0) is 14.4. The van der Waals surface area contributed by atoms with Crippen LogP contribution in [0.1, 0.15) is 25.8 Å². The van der Waals surface area contributed by atoms with Gasteiger partial charge in [0, 0.05) is 34.7 Å². The lowest BCUT2D eigenvalue weighted by atomic mass is 10.1. The molecule has 0 unspecified atom stereocenters. The molecule has 1 amide bonds. The van der Waals surface area contributed by atoms with E-state index in [1.165, 1.54) is 0 Å². The molecule has 0 bridgehead atoms. The third kappa shape index (κ3) is 5.16. The molecule has 0 saturated heterocycles. The summed E-state index contributed by atoms with van der Waals surface area (Å²) in [6, 6.07) is 5.82. The summed E-state index contributed by atoms with van der Waals surface area (Å²) in [5.74, 6) is 0.0226. The summed E-state index contributed by atoms with van der Waals surface area (Å²) in [6.07, 6.45) is 0.404. The highest BCUT2D eigenvalue weighted by Crippen LogP contribution is 2.24. The van der Waals surface area contributed by atoms with Crippen LogP contribution < -0.4 is 16.4 Å². The topological polar surface area (TPSA) is 67.2 Å². The second kappa shape index (κ2) is 7.45. The van der Waals surface area contributed by atoms with Gasteiger partial charge in [0.2, 0.25) is 5.91 Å². The van der Waals surface area contributed by atoms with Gasteiger partial charge in [0.1, 0.15) is 4.99 Å². The van der Waals surface area contributed by atoms with E-state index in [0.29, 0.717) is 18.0 Å². The summed E-state index contributed by atoms with van der Waals surface area (Å²) in [7, 11) is 0. The molecule has 0 aliphatic rings. The summed E-state index contributed by atoms with van der Waals surface area (Å²) in [6.45, 7) is 4.40. The predicted molar refractivity (Wildman–Crippen MR) is 86.4 cm³/mol. The van der Waals surface area contributed by atoms with Crippen LogP contribution in [0.3, 0.4) is 0 Å². The van der Waals surface area contributed by atoms with Gasteiger partial charge in [0.15, 0.2) is 0 Å². The van der Waals surface area contributed by atoms with Crippen LogP contribution in [0.5, 0.6) is 0 Å². The minimum absolute atomic E-state index is 0.0226. The number of carbonyl (C=O) groups excluding carboxylic acids is 1. The number of benzene rings is 1. The average molecular weight is 344 g/mol. The van der Waals surface area contributed by atoms with Crippen LogP contribution in [0, 0.1) is 0 Å². The van der Waals surface area contributed by atoms with E-state index >= 15 is 0 Å². The smallest absolute Gasteiger partial charge is 0.221 e. The van der Waals surface area contributed by atoms with Crippen molar-refractivity contribution in [2.75, 3.05) is 11.9 Å². The number of carbonyl (C=O) groups is 1. The van der Waals surface area contributed by atoms with E-state index < -0.39 is 0 Å². The average Bonchev–Trinajstić information content (AvgIpc) is 2.27. The van der Waals surface area contributed by atoms with Crippen molar-refractivity contribution >= 4 is 44.7 Å². The molecule has 0 saturated carbocycles. The quantitative estimate of drug-likeness (QED) is 0.694. The molecule has 0 aromatic heterocycles. The Morgan fingerprint density at radius 1 is 1.47 bits per heavy atom. The van der Waals surface area contributed by atoms with Crippen molar-refractivity contribution in [2.24, 2.45) is 5.73 Å². The largest absolute Gasteiger partial charge is 0.389 e. The molecule has 1 rings (SSSR count). The van der Waals surface area contributed by atoms with E-state index in [1.54, 1.807) is 0 Å². The Morgan fingerprint density at radius 3 is 2.74 bits per heavy atom. The summed E-state index contributed by atoms with van der Waals surface area (Å²) in [5.41, 5.74) is 7.29. The maximum Gasteiger partial charge on any atom is 0.221 e. The predicted octanol–water partition coefficient (Wildman–Crippen LogP) is 2.41. The Labute approximate surface area is 127 Å². The number of thiocarbonyl (C=S) groups is 1. The van der Waals surface area contributed by atoms with Gasteiger partial charge in [-0.3, -0.25) is 4.79 Å². The van der Waals surface area contributed by atoms with Crippen molar-refractivity contribution in [1.29, 1.82) is 0 Å². The van der Waals surface area contributed by atoms with Crippen LogP contribution >= 0.6 is 28.1 Å². The molecule has 0 radical (unpaired) electrons. The molecule has 0 spiro atoms. The fraction of sp³-hybridized carbons (Fsp3) is 0.385. The number of rotatable bonds is 6. The lowest BCUT2D eigenvalue weighted by molar-refractivity contribution is -0.121. The van der Waals surface area contributed by atoms with Crippen molar-refractivity contribution in [3.63, 3.8) is 0 Å². The van der Waals surface area contributed by atoms with E-state index in [9.17, 15) is 4.79 Å². The zero-order valence-electron chi connectivity index (χ0n) is 11.0. The van der Waals surface area contributed by atoms with Gasteiger partial charge in [0.25, 0.3) is 0 Å². The van der Waals surface area contributed by atoms with Crippen molar-refractivity contribution in [1.82, 2.24) is 5.32 Å². The van der Waals surface area contributed by atoms with E-state index in [4.69, 9.17) is 18.0 Å². The summed E-state index contributed by atoms with van der Waals surface area (Å²) in [4.78, 5) is 11.8. The van der Waals surface area contributed by atoms with Gasteiger partial charge >= 0.3 is 0 Å². The number of halogens is 1. The van der Waals surface area contributed by atoms with E-state index in [-0.39, 0.29) is 11.9 Å². The van der Waals surface area contributed by atoms with Crippen LogP contribution in [0.25, 0.3) is 0 Å². The molecule has 0 aliphatic carbocycles. The summed E-state index contributed by atoms with van der Waals surface area (Å²) in [5, 5.41) is 6.02. The number of hydrogen-bond acceptors (Lipinski definition) is 3. The molecule has 19 heavy (non-hydrogen) atoms. The zero-order valence-corrected chi connectivity index (χ0v) is 13.4. The molecule has 0 atom stereocenters. The van der Waals surface area contributed by atoms with E-state index in [1.807, 2.05) is 32.0 Å². The molecule has 4 nitrogen and oxygen atoms in total. The first kappa shape index (κ1) is 15.9. The molecule has 0 fully saturated rings. The van der Waals surface area contributed by atoms with Crippen molar-refractivity contribution in [3.8, 4) is 0 Å². The monoisotopic (exact) mass is 343 g/mol. The van der Waals surface area contributed by atoms with Crippen LogP contribution in [0.15, 0.2) is 22.7 Å². The Morgan fingerprint density at radius 2 is 2.16 bits per heavy atom. The van der Waals surface area contributed by atoms with Crippen molar-refractivity contribution < 1.29 is 4.79 Å². The van der Waals surface area contributed by atoms with Gasteiger partial charge in [-0.25, -0.2) is 0 Å². The van der Waals surface area contributed by atoms with Crippen molar-refractivity contribution in [3.05, 3.63) is 28.2 Å². The Bertz CT molecular complexity index is 477. The first-order chi connectivity index (χ1) is 8.91. The highest BCUT2D eigenvalue weighted by Gasteiger charge is 2.09. The minimum Gasteiger partial charge on any atom is -0.389 e. The lowest BCUT2D eigenvalue weighted by Gasteiger charge is -2.13. The van der Waals surface area contributed by atoms with E-state index in [2.05, 4.69) is 26.6 Å². The molecule has 104 valence electrons. The van der Waals surface area contributed by atoms with Gasteiger partial charge in [-0.1, -0.05) is 18.3 Å². The van der Waals surface area contributed by atoms with Crippen LogP contribution in [-0.2, 0) is 4.79 Å². The van der Waals surface area contributed by atoms with Crippen molar-refractivity contribution in [2.45, 2.75) is 26.3 Å². The van der Waals surface area contributed by atoms with Gasteiger partial charge in [-0.05, 0) is 41.9 Å². The maximum absolute atomic E-state index is 11.5. The third-order valence-corrected chi connectivity index (χ3v) is 3.24. The van der Waals surface area contributed by atoms with E-state index in [0.717, 1.165) is 15.7 Å². The number of anilines is 1. The first-order valence-electron chi connectivity index (χ1n) is 6.03. The van der Waals surface area contributed by atoms with Gasteiger partial charge in [-0.2, -0.15) is 0 Å². The van der Waals surface area contributed by atoms with Crippen LogP contribution in [0.4, 0.5) is 5.69 Å². The Hall–Kier alpha value is -1.14. The number of nitrogens with one attached hydrogen (secondary N) is 2. The standard InChI is InChI=1S/C13H18BrN3OS/c1-8(2)17-11(18)6-7-16-10-5-3-4-9(14)12(10)13(15)19/h3-5,8,16H,6-7H2,1-2H3,(H2,15,19)(H,17,18). The second-order valence-electron chi connectivity index (χ2n) is 4.43. The molecule has 0 heterocycles. The normalized spacial score (nSPS) is 10.3. The number of nitrogens with two attached hydrogens (primary N) is 1. The van der Waals surface area contributed by atoms with Gasteiger partial charge in [0.05, 0.1) is 0 Å². The summed E-state index contributed by atoms with van der Waals surface area (Å²) >= 11 is 8.44. The second-order valence-corrected chi connectivity index (χ2v) is 5.72. The first-order valence-corrected chi connectivity index (χ1v) is 7.23. The maximum atomic E-state index is 11.5. The Kier molecular flexibility index (Phi) is 6.24. The molecule has 1 aromatic rings. The molecule has 0 aliphatic heterocycles. The van der Waals surface area contributed by atoms with Crippen LogP contribution in [-0.4, -0.2) is 23.5 Å². The van der Waals surface area contributed by atoms with Crippen LogP contribution in [0.2, 0.25) is 0 Å². The fourth-order valence-electron chi connectivity index (χ4n) is 1.63. The number of hydrogen-bond donors (Lipinski definition) is 3. The third-order valence-electron chi connectivity index (χ3n) is 2.38.